The smallest absolute Gasteiger partial charge is 0.133 e. The Kier molecular flexibility index (Phi) is 14.7. The molecule has 1 unspecified atom stereocenters. The van der Waals surface area contributed by atoms with Gasteiger partial charge in [0.15, 0.2) is 0 Å². The van der Waals surface area contributed by atoms with Crippen LogP contribution in [0.4, 0.5) is 0 Å². The number of hydrogen-bond acceptors (Lipinski definition) is 6. The van der Waals surface area contributed by atoms with Gasteiger partial charge >= 0.3 is 0 Å². The minimum Gasteiger partial charge on any atom is -0.496 e. The molecule has 0 saturated heterocycles. The van der Waals surface area contributed by atoms with Crippen LogP contribution in [0.1, 0.15) is 68.7 Å². The van der Waals surface area contributed by atoms with E-state index in [4.69, 9.17) is 28.4 Å². The van der Waals surface area contributed by atoms with E-state index in [1.54, 1.807) is 35.5 Å². The Morgan fingerprint density at radius 1 is 0.511 bits per heavy atom. The lowest BCUT2D eigenvalue weighted by Crippen LogP contribution is -2.06. The Morgan fingerprint density at radius 3 is 1.31 bits per heavy atom. The van der Waals surface area contributed by atoms with Crippen molar-refractivity contribution in [3.8, 4) is 34.5 Å². The van der Waals surface area contributed by atoms with Crippen molar-refractivity contribution in [2.24, 2.45) is 11.8 Å². The van der Waals surface area contributed by atoms with Crippen molar-refractivity contribution in [2.75, 3.05) is 42.2 Å². The van der Waals surface area contributed by atoms with Crippen molar-refractivity contribution in [3.05, 3.63) is 67.6 Å². The third kappa shape index (κ3) is 10.5. The van der Waals surface area contributed by atoms with Gasteiger partial charge in [-0.15, -0.1) is 0 Å². The first-order chi connectivity index (χ1) is 21.6. The fraction of sp³-hybridized carbons (Fsp3) is 0.405. The lowest BCUT2D eigenvalue weighted by Gasteiger charge is -2.16. The molecule has 0 amide bonds. The molecule has 3 aromatic carbocycles. The van der Waals surface area contributed by atoms with Crippen molar-refractivity contribution in [1.82, 2.24) is 0 Å². The minimum absolute atomic E-state index is 0.583. The Bertz CT molecular complexity index is 1460. The summed E-state index contributed by atoms with van der Waals surface area (Å²) in [5.74, 6) is 5.68. The lowest BCUT2D eigenvalue weighted by molar-refractivity contribution is 0.275. The van der Waals surface area contributed by atoms with E-state index in [1.807, 2.05) is 60.7 Å². The molecule has 3 rings (SSSR count). The molecule has 1 atom stereocenters. The largest absolute Gasteiger partial charge is 0.496 e. The molecular weight excluding hydrogens is 700 g/mol. The van der Waals surface area contributed by atoms with E-state index < -0.39 is 0 Å². The SMILES string of the molecule is COc1cc(C=Cc2cc(OCCC(C)CCCC(C)C)c(C=Cc3cc(OC)c(Br)cc3OC)cc2OC)c(OC)cc1Br. The molecule has 3 aromatic rings. The molecule has 0 spiro atoms. The molecule has 244 valence electrons. The summed E-state index contributed by atoms with van der Waals surface area (Å²) in [6, 6.07) is 11.7. The highest BCUT2D eigenvalue weighted by molar-refractivity contribution is 9.11. The highest BCUT2D eigenvalue weighted by atomic mass is 79.9. The summed E-state index contributed by atoms with van der Waals surface area (Å²) in [5, 5.41) is 0. The molecule has 0 aliphatic rings. The Hall–Kier alpha value is -3.10. The fourth-order valence-corrected chi connectivity index (χ4v) is 5.90. The number of benzene rings is 3. The maximum absolute atomic E-state index is 6.48. The predicted octanol–water partition coefficient (Wildman–Crippen LogP) is 10.8. The Balaban J connectivity index is 2.00. The van der Waals surface area contributed by atoms with Crippen LogP contribution in [0.15, 0.2) is 45.3 Å². The number of hydrogen-bond donors (Lipinski definition) is 0. The molecule has 6 nitrogen and oxygen atoms in total. The van der Waals surface area contributed by atoms with Crippen molar-refractivity contribution < 1.29 is 28.4 Å². The van der Waals surface area contributed by atoms with Gasteiger partial charge in [-0.25, -0.2) is 0 Å². The molecule has 0 fully saturated rings. The Morgan fingerprint density at radius 2 is 0.889 bits per heavy atom. The van der Waals surface area contributed by atoms with E-state index >= 15 is 0 Å². The number of rotatable bonds is 17. The summed E-state index contributed by atoms with van der Waals surface area (Å²) in [7, 11) is 8.27. The van der Waals surface area contributed by atoms with Crippen LogP contribution in [-0.2, 0) is 0 Å². The summed E-state index contributed by atoms with van der Waals surface area (Å²) in [4.78, 5) is 0. The van der Waals surface area contributed by atoms with Gasteiger partial charge in [-0.1, -0.05) is 64.3 Å². The van der Waals surface area contributed by atoms with Gasteiger partial charge in [-0.05, 0) is 86.5 Å². The van der Waals surface area contributed by atoms with Gasteiger partial charge in [0.05, 0.1) is 51.1 Å². The lowest BCUT2D eigenvalue weighted by atomic mass is 9.97. The molecule has 0 bridgehead atoms. The van der Waals surface area contributed by atoms with Crippen LogP contribution in [0.25, 0.3) is 24.3 Å². The second kappa shape index (κ2) is 18.1. The predicted molar refractivity (Wildman–Crippen MR) is 193 cm³/mol. The van der Waals surface area contributed by atoms with E-state index in [1.165, 1.54) is 19.3 Å². The molecule has 0 aliphatic carbocycles. The van der Waals surface area contributed by atoms with E-state index in [0.29, 0.717) is 18.3 Å². The number of methoxy groups -OCH3 is 5. The first-order valence-corrected chi connectivity index (χ1v) is 16.8. The summed E-state index contributed by atoms with van der Waals surface area (Å²) in [6.07, 6.45) is 12.7. The van der Waals surface area contributed by atoms with Crippen LogP contribution in [0.5, 0.6) is 34.5 Å². The van der Waals surface area contributed by atoms with Crippen LogP contribution in [0.3, 0.4) is 0 Å². The first-order valence-electron chi connectivity index (χ1n) is 15.2. The standard InChI is InChI=1S/C37H46Br2O6/c1-24(2)10-9-11-25(3)16-17-45-35-19-26(12-13-27-20-36(43-7)30(38)22-33(27)41-5)32(40-4)18-29(35)15-14-28-21-37(44-8)31(39)23-34(28)42-6/h12-15,18-25H,9-11,16-17H2,1-8H3. The third-order valence-electron chi connectivity index (χ3n) is 7.60. The molecule has 0 aliphatic heterocycles. The molecule has 45 heavy (non-hydrogen) atoms. The molecular formula is C37H46Br2O6. The van der Waals surface area contributed by atoms with Crippen molar-refractivity contribution in [2.45, 2.75) is 46.5 Å². The highest BCUT2D eigenvalue weighted by Crippen LogP contribution is 2.37. The van der Waals surface area contributed by atoms with Gasteiger partial charge < -0.3 is 28.4 Å². The molecule has 0 N–H and O–H groups in total. The zero-order valence-electron chi connectivity index (χ0n) is 27.7. The van der Waals surface area contributed by atoms with Crippen LogP contribution < -0.4 is 28.4 Å². The van der Waals surface area contributed by atoms with Gasteiger partial charge in [-0.3, -0.25) is 0 Å². The third-order valence-corrected chi connectivity index (χ3v) is 8.84. The molecule has 8 heteroatoms. The summed E-state index contributed by atoms with van der Waals surface area (Å²) in [5.41, 5.74) is 3.52. The van der Waals surface area contributed by atoms with E-state index in [9.17, 15) is 0 Å². The Labute approximate surface area is 286 Å². The maximum atomic E-state index is 6.48. The average Bonchev–Trinajstić information content (AvgIpc) is 3.03. The molecule has 0 heterocycles. The van der Waals surface area contributed by atoms with Gasteiger partial charge in [0.1, 0.15) is 34.5 Å². The maximum Gasteiger partial charge on any atom is 0.133 e. The normalized spacial score (nSPS) is 12.2. The quantitative estimate of drug-likeness (QED) is 0.128. The molecule has 0 aromatic heterocycles. The first kappa shape index (κ1) is 36.4. The molecule has 0 saturated carbocycles. The second-order valence-corrected chi connectivity index (χ2v) is 13.0. The summed E-state index contributed by atoms with van der Waals surface area (Å²) < 4.78 is 36.3. The van der Waals surface area contributed by atoms with Gasteiger partial charge in [-0.2, -0.15) is 0 Å². The zero-order valence-corrected chi connectivity index (χ0v) is 30.8. The van der Waals surface area contributed by atoms with Crippen LogP contribution in [0.2, 0.25) is 0 Å². The number of halogens is 2. The zero-order chi connectivity index (χ0) is 32.9. The van der Waals surface area contributed by atoms with Crippen LogP contribution >= 0.6 is 31.9 Å². The van der Waals surface area contributed by atoms with Crippen molar-refractivity contribution in [3.63, 3.8) is 0 Å². The second-order valence-electron chi connectivity index (χ2n) is 11.3. The van der Waals surface area contributed by atoms with Crippen molar-refractivity contribution >= 4 is 56.2 Å². The fourth-order valence-electron chi connectivity index (χ4n) is 4.93. The van der Waals surface area contributed by atoms with Gasteiger partial charge in [0.2, 0.25) is 0 Å². The van der Waals surface area contributed by atoms with Crippen LogP contribution in [-0.4, -0.2) is 42.2 Å². The average molecular weight is 747 g/mol. The van der Waals surface area contributed by atoms with E-state index in [2.05, 4.69) is 52.6 Å². The van der Waals surface area contributed by atoms with Crippen LogP contribution in [0, 0.1) is 11.8 Å². The molecule has 0 radical (unpaired) electrons. The van der Waals surface area contributed by atoms with Gasteiger partial charge in [0.25, 0.3) is 0 Å². The number of ether oxygens (including phenoxy) is 6. The summed E-state index contributed by atoms with van der Waals surface area (Å²) in [6.45, 7) is 7.48. The minimum atomic E-state index is 0.583. The van der Waals surface area contributed by atoms with Crippen molar-refractivity contribution in [1.29, 1.82) is 0 Å². The monoisotopic (exact) mass is 744 g/mol. The van der Waals surface area contributed by atoms with E-state index in [-0.39, 0.29) is 0 Å². The van der Waals surface area contributed by atoms with Gasteiger partial charge in [0, 0.05) is 22.3 Å². The van der Waals surface area contributed by atoms with E-state index in [0.717, 1.165) is 72.3 Å². The summed E-state index contributed by atoms with van der Waals surface area (Å²) >= 11 is 7.08. The topological polar surface area (TPSA) is 55.4 Å². The highest BCUT2D eigenvalue weighted by Gasteiger charge is 2.13.